The Morgan fingerprint density at radius 2 is 1.76 bits per heavy atom. The highest BCUT2D eigenvalue weighted by molar-refractivity contribution is 7.80. The SMILES string of the molecule is CC[C@H](C)c1ccc2oc(-c3ccc(NC(=S)NC(=O)COc4ccc(C(C)(C)C)cc4)cc3)nc2c1. The third-order valence-corrected chi connectivity index (χ3v) is 6.53. The topological polar surface area (TPSA) is 76.4 Å². The molecule has 4 rings (SSSR count). The fourth-order valence-electron chi connectivity index (χ4n) is 3.83. The van der Waals surface area contributed by atoms with E-state index in [1.165, 1.54) is 11.1 Å². The van der Waals surface area contributed by atoms with Gasteiger partial charge in [0, 0.05) is 11.3 Å². The highest BCUT2D eigenvalue weighted by Gasteiger charge is 2.14. The van der Waals surface area contributed by atoms with Gasteiger partial charge in [0.15, 0.2) is 17.3 Å². The molecule has 2 N–H and O–H groups in total. The molecule has 0 aliphatic carbocycles. The van der Waals surface area contributed by atoms with Crippen LogP contribution in [0, 0.1) is 0 Å². The number of hydrogen-bond acceptors (Lipinski definition) is 5. The van der Waals surface area contributed by atoms with E-state index in [4.69, 9.17) is 21.4 Å². The van der Waals surface area contributed by atoms with Gasteiger partial charge in [-0.15, -0.1) is 0 Å². The number of aromatic nitrogens is 1. The second-order valence-corrected chi connectivity index (χ2v) is 10.6. The van der Waals surface area contributed by atoms with Gasteiger partial charge in [0.1, 0.15) is 11.3 Å². The molecule has 0 bridgehead atoms. The minimum absolute atomic E-state index is 0.0612. The van der Waals surface area contributed by atoms with Gasteiger partial charge in [0.2, 0.25) is 5.89 Å². The second-order valence-electron chi connectivity index (χ2n) is 10.2. The lowest BCUT2D eigenvalue weighted by Gasteiger charge is -2.19. The molecule has 0 aliphatic heterocycles. The van der Waals surface area contributed by atoms with E-state index in [1.54, 1.807) is 0 Å². The molecule has 1 atom stereocenters. The summed E-state index contributed by atoms with van der Waals surface area (Å²) in [4.78, 5) is 16.9. The van der Waals surface area contributed by atoms with Crippen molar-refractivity contribution in [2.24, 2.45) is 0 Å². The van der Waals surface area contributed by atoms with Crippen LogP contribution in [0.5, 0.6) is 5.75 Å². The average molecular weight is 516 g/mol. The minimum Gasteiger partial charge on any atom is -0.484 e. The fraction of sp³-hybridized carbons (Fsp3) is 0.300. The number of fused-ring (bicyclic) bond motifs is 1. The van der Waals surface area contributed by atoms with Crippen molar-refractivity contribution in [1.82, 2.24) is 10.3 Å². The van der Waals surface area contributed by atoms with Gasteiger partial charge in [-0.1, -0.05) is 52.8 Å². The summed E-state index contributed by atoms with van der Waals surface area (Å²) >= 11 is 5.28. The molecule has 7 heteroatoms. The van der Waals surface area contributed by atoms with E-state index >= 15 is 0 Å². The van der Waals surface area contributed by atoms with E-state index in [0.717, 1.165) is 28.8 Å². The van der Waals surface area contributed by atoms with Crippen molar-refractivity contribution < 1.29 is 13.9 Å². The molecule has 4 aromatic rings. The Bertz CT molecular complexity index is 1390. The number of carbonyl (C=O) groups is 1. The van der Waals surface area contributed by atoms with Crippen molar-refractivity contribution >= 4 is 40.0 Å². The predicted molar refractivity (Wildman–Crippen MR) is 153 cm³/mol. The summed E-state index contributed by atoms with van der Waals surface area (Å²) in [7, 11) is 0. The Hall–Kier alpha value is -3.71. The van der Waals surface area contributed by atoms with Crippen molar-refractivity contribution in [2.75, 3.05) is 11.9 Å². The van der Waals surface area contributed by atoms with Gasteiger partial charge in [-0.3, -0.25) is 10.1 Å². The number of benzene rings is 3. The molecule has 192 valence electrons. The summed E-state index contributed by atoms with van der Waals surface area (Å²) in [6.45, 7) is 10.7. The lowest BCUT2D eigenvalue weighted by atomic mass is 9.87. The number of ether oxygens (including phenoxy) is 1. The van der Waals surface area contributed by atoms with Gasteiger partial charge >= 0.3 is 0 Å². The molecule has 0 fully saturated rings. The average Bonchev–Trinajstić information content (AvgIpc) is 3.30. The number of anilines is 1. The molecule has 6 nitrogen and oxygen atoms in total. The molecule has 0 saturated heterocycles. The maximum absolute atomic E-state index is 12.3. The van der Waals surface area contributed by atoms with Crippen LogP contribution in [0.25, 0.3) is 22.6 Å². The molecule has 1 amide bonds. The van der Waals surface area contributed by atoms with Crippen molar-refractivity contribution in [3.8, 4) is 17.2 Å². The van der Waals surface area contributed by atoms with Crippen molar-refractivity contribution in [2.45, 2.75) is 52.4 Å². The number of nitrogens with one attached hydrogen (secondary N) is 2. The van der Waals surface area contributed by atoms with Crippen LogP contribution in [0.2, 0.25) is 0 Å². The molecule has 1 heterocycles. The Balaban J connectivity index is 1.30. The number of carbonyl (C=O) groups excluding carboxylic acids is 1. The molecule has 0 aliphatic rings. The lowest BCUT2D eigenvalue weighted by Crippen LogP contribution is -2.37. The highest BCUT2D eigenvalue weighted by atomic mass is 32.1. The molecular weight excluding hydrogens is 482 g/mol. The summed E-state index contributed by atoms with van der Waals surface area (Å²) < 4.78 is 11.5. The van der Waals surface area contributed by atoms with Crippen molar-refractivity contribution in [1.29, 1.82) is 0 Å². The molecular formula is C30H33N3O3S. The lowest BCUT2D eigenvalue weighted by molar-refractivity contribution is -0.121. The van der Waals surface area contributed by atoms with Crippen LogP contribution < -0.4 is 15.4 Å². The Morgan fingerprint density at radius 1 is 1.05 bits per heavy atom. The van der Waals surface area contributed by atoms with Gasteiger partial charge in [0.25, 0.3) is 5.91 Å². The standard InChI is InChI=1S/C30H33N3O3S/c1-6-19(2)21-9-16-26-25(17-21)32-28(36-26)20-7-12-23(13-8-20)31-29(37)33-27(34)18-35-24-14-10-22(11-15-24)30(3,4)5/h7-17,19H,6,18H2,1-5H3,(H2,31,33,34,37)/t19-/m0/s1. The first-order valence-corrected chi connectivity index (χ1v) is 12.9. The number of hydrogen-bond donors (Lipinski definition) is 2. The molecule has 1 aromatic heterocycles. The minimum atomic E-state index is -0.336. The van der Waals surface area contributed by atoms with E-state index < -0.39 is 0 Å². The molecule has 0 radical (unpaired) electrons. The Morgan fingerprint density at radius 3 is 2.41 bits per heavy atom. The van der Waals surface area contributed by atoms with Crippen LogP contribution in [0.1, 0.15) is 58.1 Å². The third kappa shape index (κ3) is 6.74. The molecule has 0 spiro atoms. The normalized spacial score (nSPS) is 12.2. The monoisotopic (exact) mass is 515 g/mol. The zero-order valence-corrected chi connectivity index (χ0v) is 22.7. The molecule has 0 saturated carbocycles. The first-order chi connectivity index (χ1) is 17.6. The maximum atomic E-state index is 12.3. The number of nitrogens with zero attached hydrogens (tertiary/aromatic N) is 1. The van der Waals surface area contributed by atoms with Gasteiger partial charge in [-0.25, -0.2) is 4.98 Å². The highest BCUT2D eigenvalue weighted by Crippen LogP contribution is 2.28. The largest absolute Gasteiger partial charge is 0.484 e. The van der Waals surface area contributed by atoms with Crippen molar-refractivity contribution in [3.63, 3.8) is 0 Å². The van der Waals surface area contributed by atoms with E-state index in [2.05, 4.69) is 62.4 Å². The van der Waals surface area contributed by atoms with Crippen LogP contribution in [-0.4, -0.2) is 22.6 Å². The molecule has 3 aromatic carbocycles. The number of oxazole rings is 1. The van der Waals surface area contributed by atoms with Crippen LogP contribution >= 0.6 is 12.2 Å². The smallest absolute Gasteiger partial charge is 0.264 e. The summed E-state index contributed by atoms with van der Waals surface area (Å²) in [6, 6.07) is 21.5. The Labute approximate surface area is 223 Å². The number of amides is 1. The first kappa shape index (κ1) is 26.4. The van der Waals surface area contributed by atoms with E-state index in [0.29, 0.717) is 17.6 Å². The van der Waals surface area contributed by atoms with Gasteiger partial charge in [-0.05, 0) is 89.6 Å². The maximum Gasteiger partial charge on any atom is 0.264 e. The first-order valence-electron chi connectivity index (χ1n) is 12.5. The van der Waals surface area contributed by atoms with Crippen molar-refractivity contribution in [3.05, 3.63) is 77.9 Å². The van der Waals surface area contributed by atoms with Crippen LogP contribution in [0.4, 0.5) is 5.69 Å². The third-order valence-electron chi connectivity index (χ3n) is 6.33. The quantitative estimate of drug-likeness (QED) is 0.254. The second kappa shape index (κ2) is 11.1. The molecule has 0 unspecified atom stereocenters. The van der Waals surface area contributed by atoms with Crippen LogP contribution in [0.15, 0.2) is 71.1 Å². The van der Waals surface area contributed by atoms with E-state index in [9.17, 15) is 4.79 Å². The summed E-state index contributed by atoms with van der Waals surface area (Å²) in [5.41, 5.74) is 5.73. The fourth-order valence-corrected chi connectivity index (χ4v) is 4.06. The van der Waals surface area contributed by atoms with E-state index in [1.807, 2.05) is 54.6 Å². The van der Waals surface area contributed by atoms with Crippen LogP contribution in [-0.2, 0) is 10.2 Å². The van der Waals surface area contributed by atoms with Gasteiger partial charge in [0.05, 0.1) is 0 Å². The number of thiocarbonyl (C=S) groups is 1. The zero-order valence-electron chi connectivity index (χ0n) is 21.9. The van der Waals surface area contributed by atoms with Gasteiger partial charge in [-0.2, -0.15) is 0 Å². The molecule has 37 heavy (non-hydrogen) atoms. The predicted octanol–water partition coefficient (Wildman–Crippen LogP) is 7.20. The zero-order chi connectivity index (χ0) is 26.6. The summed E-state index contributed by atoms with van der Waals surface area (Å²) in [5.74, 6) is 1.34. The van der Waals surface area contributed by atoms with Gasteiger partial charge < -0.3 is 14.5 Å². The number of rotatable bonds is 7. The van der Waals surface area contributed by atoms with Crippen LogP contribution in [0.3, 0.4) is 0 Å². The van der Waals surface area contributed by atoms with E-state index in [-0.39, 0.29) is 23.0 Å². The Kier molecular flexibility index (Phi) is 7.93. The summed E-state index contributed by atoms with van der Waals surface area (Å²) in [6.07, 6.45) is 1.07. The summed E-state index contributed by atoms with van der Waals surface area (Å²) in [5, 5.41) is 5.86.